The van der Waals surface area contributed by atoms with Gasteiger partial charge in [0.2, 0.25) is 0 Å². The summed E-state index contributed by atoms with van der Waals surface area (Å²) in [6.45, 7) is 7.80. The highest BCUT2D eigenvalue weighted by Gasteiger charge is 2.39. The summed E-state index contributed by atoms with van der Waals surface area (Å²) in [5.41, 5.74) is 0.476. The fourth-order valence-electron chi connectivity index (χ4n) is 3.78. The molecule has 0 aromatic heterocycles. The lowest BCUT2D eigenvalue weighted by molar-refractivity contribution is -0.142. The van der Waals surface area contributed by atoms with Crippen molar-refractivity contribution in [2.45, 2.75) is 71.4 Å². The predicted molar refractivity (Wildman–Crippen MR) is 72.6 cm³/mol. The van der Waals surface area contributed by atoms with E-state index in [9.17, 15) is 9.90 Å². The van der Waals surface area contributed by atoms with Crippen molar-refractivity contribution in [1.29, 1.82) is 0 Å². The number of nitrogens with zero attached hydrogens (tertiary/aromatic N) is 1. The van der Waals surface area contributed by atoms with Gasteiger partial charge in [-0.25, -0.2) is 0 Å². The first-order valence-electron chi connectivity index (χ1n) is 7.39. The Labute approximate surface area is 111 Å². The third-order valence-electron chi connectivity index (χ3n) is 5.14. The maximum Gasteiger partial charge on any atom is 0.308 e. The summed E-state index contributed by atoms with van der Waals surface area (Å²) in [5, 5.41) is 9.21. The summed E-state index contributed by atoms with van der Waals surface area (Å²) in [4.78, 5) is 13.7. The molecular formula is C15H27NO2. The lowest BCUT2D eigenvalue weighted by Gasteiger charge is -2.32. The molecule has 3 atom stereocenters. The van der Waals surface area contributed by atoms with Crippen LogP contribution >= 0.6 is 0 Å². The molecule has 0 radical (unpaired) electrons. The summed E-state index contributed by atoms with van der Waals surface area (Å²) >= 11 is 0. The zero-order chi connectivity index (χ0) is 13.3. The minimum atomic E-state index is -0.612. The van der Waals surface area contributed by atoms with Crippen LogP contribution in [-0.2, 0) is 4.79 Å². The van der Waals surface area contributed by atoms with Gasteiger partial charge in [0.15, 0.2) is 0 Å². The molecule has 1 heterocycles. The van der Waals surface area contributed by atoms with E-state index >= 15 is 0 Å². The number of hydrogen-bond donors (Lipinski definition) is 1. The van der Waals surface area contributed by atoms with E-state index < -0.39 is 5.97 Å². The van der Waals surface area contributed by atoms with Crippen molar-refractivity contribution in [3.05, 3.63) is 0 Å². The second kappa shape index (κ2) is 5.20. The smallest absolute Gasteiger partial charge is 0.308 e. The summed E-state index contributed by atoms with van der Waals surface area (Å²) in [6, 6.07) is 0.833. The Bertz CT molecular complexity index is 314. The van der Waals surface area contributed by atoms with Crippen molar-refractivity contribution >= 4 is 5.97 Å². The Hall–Kier alpha value is -0.570. The second-order valence-electron chi connectivity index (χ2n) is 6.96. The van der Waals surface area contributed by atoms with Gasteiger partial charge in [-0.3, -0.25) is 9.69 Å². The molecule has 1 aliphatic heterocycles. The van der Waals surface area contributed by atoms with Crippen molar-refractivity contribution in [3.8, 4) is 0 Å². The molecule has 0 bridgehead atoms. The molecule has 2 fully saturated rings. The van der Waals surface area contributed by atoms with Crippen LogP contribution in [0.3, 0.4) is 0 Å². The highest BCUT2D eigenvalue weighted by atomic mass is 16.4. The van der Waals surface area contributed by atoms with E-state index in [2.05, 4.69) is 25.7 Å². The van der Waals surface area contributed by atoms with Gasteiger partial charge in [-0.15, -0.1) is 0 Å². The van der Waals surface area contributed by atoms with E-state index in [4.69, 9.17) is 0 Å². The molecule has 1 aliphatic carbocycles. The van der Waals surface area contributed by atoms with Crippen LogP contribution in [0, 0.1) is 11.3 Å². The van der Waals surface area contributed by atoms with Gasteiger partial charge in [0.1, 0.15) is 0 Å². The van der Waals surface area contributed by atoms with Crippen molar-refractivity contribution < 1.29 is 9.90 Å². The first-order chi connectivity index (χ1) is 8.41. The molecule has 0 aromatic rings. The van der Waals surface area contributed by atoms with Crippen LogP contribution in [0.15, 0.2) is 0 Å². The number of hydrogen-bond acceptors (Lipinski definition) is 2. The van der Waals surface area contributed by atoms with Crippen LogP contribution in [0.25, 0.3) is 0 Å². The van der Waals surface area contributed by atoms with Crippen LogP contribution in [0.1, 0.15) is 59.3 Å². The van der Waals surface area contributed by atoms with Crippen LogP contribution < -0.4 is 0 Å². The molecule has 3 nitrogen and oxygen atoms in total. The molecule has 3 heteroatoms. The number of aliphatic carboxylic acids is 1. The Kier molecular flexibility index (Phi) is 4.00. The quantitative estimate of drug-likeness (QED) is 0.769. The molecule has 18 heavy (non-hydrogen) atoms. The maximum absolute atomic E-state index is 11.2. The minimum absolute atomic E-state index is 0.152. The fourth-order valence-corrected chi connectivity index (χ4v) is 3.78. The lowest BCUT2D eigenvalue weighted by Crippen LogP contribution is -2.40. The molecule has 2 aliphatic rings. The fraction of sp³-hybridized carbons (Fsp3) is 0.933. The highest BCUT2D eigenvalue weighted by molar-refractivity contribution is 5.71. The van der Waals surface area contributed by atoms with Crippen LogP contribution in [-0.4, -0.2) is 34.6 Å². The van der Waals surface area contributed by atoms with Gasteiger partial charge in [0, 0.05) is 12.1 Å². The van der Waals surface area contributed by atoms with Gasteiger partial charge >= 0.3 is 5.97 Å². The SMILES string of the molecule is CC1C(C(=O)O)CCN1C1CCCC(C)(C)CC1. The molecule has 0 amide bonds. The van der Waals surface area contributed by atoms with Crippen molar-refractivity contribution in [2.75, 3.05) is 6.54 Å². The van der Waals surface area contributed by atoms with E-state index in [0.717, 1.165) is 13.0 Å². The molecule has 1 saturated carbocycles. The van der Waals surface area contributed by atoms with Gasteiger partial charge in [0.25, 0.3) is 0 Å². The highest BCUT2D eigenvalue weighted by Crippen LogP contribution is 2.38. The number of likely N-dealkylation sites (tertiary alicyclic amines) is 1. The van der Waals surface area contributed by atoms with Crippen molar-refractivity contribution in [3.63, 3.8) is 0 Å². The largest absolute Gasteiger partial charge is 0.481 e. The normalized spacial score (nSPS) is 37.4. The zero-order valence-corrected chi connectivity index (χ0v) is 12.0. The molecule has 2 rings (SSSR count). The Balaban J connectivity index is 1.98. The van der Waals surface area contributed by atoms with Gasteiger partial charge < -0.3 is 5.11 Å². The average molecular weight is 253 g/mol. The summed E-state index contributed by atoms with van der Waals surface area (Å²) in [6.07, 6.45) is 7.20. The molecule has 1 saturated heterocycles. The first kappa shape index (κ1) is 13.9. The predicted octanol–water partition coefficient (Wildman–Crippen LogP) is 3.14. The molecule has 0 aromatic carbocycles. The Morgan fingerprint density at radius 1 is 1.22 bits per heavy atom. The standard InChI is InChI=1S/C15H27NO2/c1-11-13(14(17)18)7-10-16(11)12-5-4-8-15(2,3)9-6-12/h11-13H,4-10H2,1-3H3,(H,17,18). The van der Waals surface area contributed by atoms with E-state index in [0.29, 0.717) is 11.5 Å². The van der Waals surface area contributed by atoms with E-state index in [-0.39, 0.29) is 12.0 Å². The Morgan fingerprint density at radius 2 is 1.94 bits per heavy atom. The van der Waals surface area contributed by atoms with Gasteiger partial charge in [-0.2, -0.15) is 0 Å². The molecular weight excluding hydrogens is 226 g/mol. The van der Waals surface area contributed by atoms with Crippen LogP contribution in [0.2, 0.25) is 0 Å². The monoisotopic (exact) mass is 253 g/mol. The summed E-state index contributed by atoms with van der Waals surface area (Å²) < 4.78 is 0. The third kappa shape index (κ3) is 2.87. The van der Waals surface area contributed by atoms with Crippen molar-refractivity contribution in [1.82, 2.24) is 4.90 Å². The molecule has 104 valence electrons. The van der Waals surface area contributed by atoms with Crippen LogP contribution in [0.4, 0.5) is 0 Å². The lowest BCUT2D eigenvalue weighted by atomic mass is 9.85. The topological polar surface area (TPSA) is 40.5 Å². The Morgan fingerprint density at radius 3 is 2.56 bits per heavy atom. The number of carbonyl (C=O) groups is 1. The number of carboxylic acid groups (broad SMARTS) is 1. The van der Waals surface area contributed by atoms with E-state index in [1.165, 1.54) is 32.1 Å². The first-order valence-corrected chi connectivity index (χ1v) is 7.39. The van der Waals surface area contributed by atoms with Gasteiger partial charge in [0.05, 0.1) is 5.92 Å². The molecule has 3 unspecified atom stereocenters. The zero-order valence-electron chi connectivity index (χ0n) is 12.0. The molecule has 0 spiro atoms. The average Bonchev–Trinajstić information content (AvgIpc) is 2.56. The summed E-state index contributed by atoms with van der Waals surface area (Å²) in [5.74, 6) is -0.764. The number of carboxylic acids is 1. The van der Waals surface area contributed by atoms with Crippen molar-refractivity contribution in [2.24, 2.45) is 11.3 Å². The molecule has 1 N–H and O–H groups in total. The van der Waals surface area contributed by atoms with Gasteiger partial charge in [-0.05, 0) is 51.0 Å². The second-order valence-corrected chi connectivity index (χ2v) is 6.96. The minimum Gasteiger partial charge on any atom is -0.481 e. The van der Waals surface area contributed by atoms with E-state index in [1.807, 2.05) is 0 Å². The third-order valence-corrected chi connectivity index (χ3v) is 5.14. The van der Waals surface area contributed by atoms with Crippen LogP contribution in [0.5, 0.6) is 0 Å². The van der Waals surface area contributed by atoms with E-state index in [1.54, 1.807) is 0 Å². The summed E-state index contributed by atoms with van der Waals surface area (Å²) in [7, 11) is 0. The van der Waals surface area contributed by atoms with Gasteiger partial charge in [-0.1, -0.05) is 20.3 Å². The maximum atomic E-state index is 11.2. The number of rotatable bonds is 2.